The first-order valence-electron chi connectivity index (χ1n) is 28.1. The van der Waals surface area contributed by atoms with Crippen LogP contribution in [0.25, 0.3) is 0 Å². The molecule has 21 saturated heterocycles. The number of nitrogens with two attached hydrogens (primary N) is 2. The number of rotatable bonds is 15. The van der Waals surface area contributed by atoms with E-state index in [1.54, 1.807) is 0 Å². The molecular weight excluding hydrogens is 1260 g/mol. The normalized spacial score (nSPS) is 50.1. The van der Waals surface area contributed by atoms with Crippen molar-refractivity contribution in [3.63, 3.8) is 0 Å². The summed E-state index contributed by atoms with van der Waals surface area (Å²) in [7, 11) is 0. The maximum absolute atomic E-state index is 11.7. The van der Waals surface area contributed by atoms with E-state index in [9.17, 15) is 117 Å². The van der Waals surface area contributed by atoms with Crippen molar-refractivity contribution in [2.75, 3.05) is 56.0 Å². The highest BCUT2D eigenvalue weighted by Crippen LogP contribution is 2.40. The van der Waals surface area contributed by atoms with Gasteiger partial charge < -0.3 is 185 Å². The molecule has 37 atom stereocenters. The zero-order chi connectivity index (χ0) is 65.2. The molecule has 21 aliphatic heterocycles. The zero-order valence-electron chi connectivity index (χ0n) is 46.6. The van der Waals surface area contributed by atoms with Gasteiger partial charge in [0.05, 0.1) is 45.2 Å². The fourth-order valence-electron chi connectivity index (χ4n) is 11.2. The Morgan fingerprint density at radius 3 is 0.596 bits per heavy atom. The molecule has 14 bridgehead atoms. The summed E-state index contributed by atoms with van der Waals surface area (Å²) in [4.78, 5) is 23.2. The predicted octanol–water partition coefficient (Wildman–Crippen LogP) is -14.9. The van der Waals surface area contributed by atoms with Crippen LogP contribution in [0.3, 0.4) is 0 Å². The van der Waals surface area contributed by atoms with E-state index in [-0.39, 0.29) is 11.5 Å². The number of carboxylic acids is 2. The van der Waals surface area contributed by atoms with Crippen LogP contribution < -0.4 is 11.5 Å². The van der Waals surface area contributed by atoms with E-state index in [0.29, 0.717) is 0 Å². The lowest BCUT2D eigenvalue weighted by Gasteiger charge is -2.50. The number of hydrogen-bond acceptors (Lipinski definition) is 39. The van der Waals surface area contributed by atoms with Crippen LogP contribution in [0, 0.1) is 0 Å². The van der Waals surface area contributed by atoms with Gasteiger partial charge in [0.15, 0.2) is 44.0 Å². The molecule has 0 saturated carbocycles. The Hall–Kier alpha value is -1.76. The van der Waals surface area contributed by atoms with E-state index in [2.05, 4.69) is 0 Å². The zero-order valence-corrected chi connectivity index (χ0v) is 48.3. The van der Waals surface area contributed by atoms with Crippen LogP contribution in [0.4, 0.5) is 0 Å². The number of thioether (sulfide) groups is 2. The number of aliphatic hydroxyl groups excluding tert-OH is 19. The first kappa shape index (κ1) is 73.1. The highest BCUT2D eigenvalue weighted by molar-refractivity contribution is 7.99. The van der Waals surface area contributed by atoms with Gasteiger partial charge in [-0.25, -0.2) is 0 Å². The molecule has 21 heterocycles. The van der Waals surface area contributed by atoms with Crippen molar-refractivity contribution in [2.24, 2.45) is 11.5 Å². The molecule has 0 amide bonds. The molecule has 21 fully saturated rings. The average Bonchev–Trinajstić information content (AvgIpc) is 0.983. The molecule has 0 radical (unpaired) electrons. The van der Waals surface area contributed by atoms with E-state index in [4.69, 9.17) is 77.8 Å². The third-order valence-electron chi connectivity index (χ3n) is 16.2. The Morgan fingerprint density at radius 1 is 0.281 bits per heavy atom. The molecular formula is C48H80N2O37S2. The van der Waals surface area contributed by atoms with Crippen molar-refractivity contribution in [2.45, 2.75) is 227 Å². The highest BCUT2D eigenvalue weighted by atomic mass is 32.2. The summed E-state index contributed by atoms with van der Waals surface area (Å²) < 4.78 is 81.6. The van der Waals surface area contributed by atoms with Crippen molar-refractivity contribution >= 4 is 35.5 Å². The summed E-state index contributed by atoms with van der Waals surface area (Å²) in [5.41, 5.74) is 11.4. The van der Waals surface area contributed by atoms with Gasteiger partial charge >= 0.3 is 11.9 Å². The summed E-state index contributed by atoms with van der Waals surface area (Å²) in [5, 5.41) is 233. The van der Waals surface area contributed by atoms with Gasteiger partial charge in [0.25, 0.3) is 0 Å². The van der Waals surface area contributed by atoms with Crippen molar-refractivity contribution in [3.05, 3.63) is 0 Å². The Morgan fingerprint density at radius 2 is 0.438 bits per heavy atom. The van der Waals surface area contributed by atoms with Gasteiger partial charge in [-0.1, -0.05) is 0 Å². The van der Waals surface area contributed by atoms with Gasteiger partial charge in [-0.2, -0.15) is 23.5 Å². The van der Waals surface area contributed by atoms with Crippen molar-refractivity contribution in [3.8, 4) is 0 Å². The lowest BCUT2D eigenvalue weighted by molar-refractivity contribution is -0.395. The Bertz CT molecular complexity index is 2200. The standard InChI is InChI=1S/C48H80N2O37S2/c49-10(40(70)71)6-88-8-17-38-25(62)32(69)48(80-17)85-37-16(5-55)76-44(28(65)21(37)58)83-35-14(3-53)78-46(30(67)23(35)60)87-39-18(9-89-7-11(50)41(72)73)79-47(31(68)24(39)61)84-36-15(4-54)75-43(27(64)20(36)57)81-33-12(1-51)74-42(26(63)19(33)56)82-34-13(2-52)77-45(86-38)29(66)22(34)59/h10-39,42-48,51-69H,1-9,49-50H2,(H,70,71)(H,72,73)/t10-,11-,12?,13?,14?,15?,16?,17?,18?,19-,20-,21-,22-,23-,24-,25-,26+,27?,28?,29?,30?,31?,32?,33-,34-,35-,36-,37-,38-,39-,42?,43-,44-,45-,46-,47-,48-/m1/s1. The van der Waals surface area contributed by atoms with Gasteiger partial charge in [-0.05, 0) is 0 Å². The van der Waals surface area contributed by atoms with Crippen molar-refractivity contribution < 1.29 is 183 Å². The maximum Gasteiger partial charge on any atom is 0.321 e. The second-order valence-corrected chi connectivity index (χ2v) is 24.4. The molecule has 21 rings (SSSR count). The summed E-state index contributed by atoms with van der Waals surface area (Å²) in [6.45, 7) is -5.43. The molecule has 0 aliphatic carbocycles. The quantitative estimate of drug-likeness (QED) is 0.0724. The van der Waals surface area contributed by atoms with E-state index < -0.39 is 284 Å². The molecule has 39 nitrogen and oxygen atoms in total. The number of aliphatic hydroxyl groups is 19. The largest absolute Gasteiger partial charge is 0.480 e. The first-order valence-corrected chi connectivity index (χ1v) is 30.4. The fourth-order valence-corrected chi connectivity index (χ4v) is 13.2. The average molecular weight is 1340 g/mol. The molecule has 14 unspecified atom stereocenters. The topological polar surface area (TPSA) is 640 Å². The molecule has 0 aromatic carbocycles. The number of aliphatic carboxylic acids is 2. The van der Waals surface area contributed by atoms with Crippen molar-refractivity contribution in [1.29, 1.82) is 0 Å². The summed E-state index contributed by atoms with van der Waals surface area (Å²) in [6.07, 6.45) is -71.4. The van der Waals surface area contributed by atoms with Gasteiger partial charge in [-0.3, -0.25) is 9.59 Å². The number of ether oxygens (including phenoxy) is 14. The number of carbonyl (C=O) groups is 2. The molecule has 0 spiro atoms. The third kappa shape index (κ3) is 15.9. The molecule has 25 N–H and O–H groups in total. The molecule has 41 heteroatoms. The predicted molar refractivity (Wildman–Crippen MR) is 280 cm³/mol. The van der Waals surface area contributed by atoms with Gasteiger partial charge in [0.2, 0.25) is 0 Å². The third-order valence-corrected chi connectivity index (χ3v) is 18.5. The number of hydrogen-bond donors (Lipinski definition) is 23. The smallest absolute Gasteiger partial charge is 0.321 e. The minimum absolute atomic E-state index is 0.319. The molecule has 21 aliphatic rings. The van der Waals surface area contributed by atoms with E-state index in [1.807, 2.05) is 0 Å². The van der Waals surface area contributed by atoms with Crippen LogP contribution in [0.1, 0.15) is 0 Å². The second kappa shape index (κ2) is 31.9. The lowest BCUT2D eigenvalue weighted by atomic mass is 9.95. The SMILES string of the molecule is N[C@H](CSCC1O[C@@H]2O[C@@H]3C(CO)O[C@H](O[C@@H]4C(CO)O[C@H](O[C@@H]5C(CSC[C@@H](N)C(=O)O)O[C@H](O[C@@H]6C(CO)O[C@H](O[C@@H]7C(CO)OC(O[C@@H]8C(CO)O[C@H](O[C@H]1[C@H](O)C2O)C(O)[C@H]8O)[C@@H](O)[C@H]7O)C(O)[C@H]6O)C(O)[C@H]5O)C(O)[C@H]4O)C(O)[C@H]3O)C(=O)O. The number of carboxylic acid groups (broad SMARTS) is 2. The van der Waals surface area contributed by atoms with Gasteiger partial charge in [0, 0.05) is 23.0 Å². The van der Waals surface area contributed by atoms with Crippen LogP contribution in [-0.2, 0) is 75.9 Å². The minimum Gasteiger partial charge on any atom is -0.480 e. The summed E-state index contributed by atoms with van der Waals surface area (Å²) >= 11 is 1.60. The van der Waals surface area contributed by atoms with Crippen LogP contribution in [0.2, 0.25) is 0 Å². The molecule has 0 aromatic rings. The maximum atomic E-state index is 11.7. The van der Waals surface area contributed by atoms with E-state index in [1.165, 1.54) is 0 Å². The second-order valence-electron chi connectivity index (χ2n) is 22.3. The van der Waals surface area contributed by atoms with Gasteiger partial charge in [-0.15, -0.1) is 0 Å². The van der Waals surface area contributed by atoms with E-state index >= 15 is 0 Å². The van der Waals surface area contributed by atoms with Crippen LogP contribution in [0.15, 0.2) is 0 Å². The Labute approximate surface area is 511 Å². The minimum atomic E-state index is -2.27. The lowest BCUT2D eigenvalue weighted by Crippen LogP contribution is -2.68. The molecule has 516 valence electrons. The highest BCUT2D eigenvalue weighted by Gasteiger charge is 2.60. The molecule has 0 aromatic heterocycles. The Balaban J connectivity index is 1.11. The van der Waals surface area contributed by atoms with Crippen molar-refractivity contribution in [1.82, 2.24) is 0 Å². The van der Waals surface area contributed by atoms with Crippen LogP contribution >= 0.6 is 23.5 Å². The molecule has 89 heavy (non-hydrogen) atoms. The first-order chi connectivity index (χ1) is 42.2. The monoisotopic (exact) mass is 1340 g/mol. The van der Waals surface area contributed by atoms with Crippen LogP contribution in [0.5, 0.6) is 0 Å². The van der Waals surface area contributed by atoms with Gasteiger partial charge in [0.1, 0.15) is 171 Å². The van der Waals surface area contributed by atoms with E-state index in [0.717, 1.165) is 23.5 Å². The Kier molecular flexibility index (Phi) is 26.2. The van der Waals surface area contributed by atoms with Crippen LogP contribution in [-0.4, -0.2) is 402 Å². The fraction of sp³-hybridized carbons (Fsp3) is 0.958. The summed E-state index contributed by atoms with van der Waals surface area (Å²) in [6, 6.07) is -2.94. The summed E-state index contributed by atoms with van der Waals surface area (Å²) in [5.74, 6) is -4.26.